The average molecular weight is 294 g/mol. The van der Waals surface area contributed by atoms with Crippen molar-refractivity contribution in [2.45, 2.75) is 45.2 Å². The van der Waals surface area contributed by atoms with Crippen LogP contribution in [0.15, 0.2) is 22.5 Å². The molecule has 1 aromatic heterocycles. The third-order valence-corrected chi connectivity index (χ3v) is 4.87. The third kappa shape index (κ3) is 4.21. The Kier molecular flexibility index (Phi) is 5.86. The molecule has 2 unspecified atom stereocenters. The van der Waals surface area contributed by atoms with Crippen molar-refractivity contribution in [1.82, 2.24) is 10.2 Å². The molecule has 1 aromatic rings. The minimum absolute atomic E-state index is 0.380. The Balaban J connectivity index is 1.99. The van der Waals surface area contributed by atoms with Gasteiger partial charge in [-0.2, -0.15) is 0 Å². The van der Waals surface area contributed by atoms with Crippen LogP contribution in [0.25, 0.3) is 0 Å². The third-order valence-electron chi connectivity index (χ3n) is 3.89. The maximum absolute atomic E-state index is 5.97. The molecule has 0 radical (unpaired) electrons. The molecule has 0 aliphatic carbocycles. The zero-order valence-electron chi connectivity index (χ0n) is 12.5. The normalized spacial score (nSPS) is 20.0. The molecule has 3 N–H and O–H groups in total. The van der Waals surface area contributed by atoms with Gasteiger partial charge in [0.05, 0.1) is 12.6 Å². The first-order valence-electron chi connectivity index (χ1n) is 7.54. The summed E-state index contributed by atoms with van der Waals surface area (Å²) < 4.78 is 0. The summed E-state index contributed by atoms with van der Waals surface area (Å²) in [4.78, 5) is 8.49. The lowest BCUT2D eigenvalue weighted by atomic mass is 10.2. The van der Waals surface area contributed by atoms with E-state index in [0.717, 1.165) is 13.0 Å². The highest BCUT2D eigenvalue weighted by Crippen LogP contribution is 2.28. The van der Waals surface area contributed by atoms with Crippen LogP contribution in [-0.2, 0) is 0 Å². The molecule has 0 saturated carbocycles. The van der Waals surface area contributed by atoms with Crippen LogP contribution in [0.1, 0.15) is 44.0 Å². The van der Waals surface area contributed by atoms with Crippen molar-refractivity contribution < 1.29 is 0 Å². The fourth-order valence-electron chi connectivity index (χ4n) is 2.50. The van der Waals surface area contributed by atoms with E-state index in [0.29, 0.717) is 18.0 Å². The van der Waals surface area contributed by atoms with E-state index in [4.69, 9.17) is 5.73 Å². The van der Waals surface area contributed by atoms with E-state index in [1.807, 2.05) is 11.3 Å². The summed E-state index contributed by atoms with van der Waals surface area (Å²) in [6.07, 6.45) is 3.65. The van der Waals surface area contributed by atoms with Gasteiger partial charge < -0.3 is 11.1 Å². The summed E-state index contributed by atoms with van der Waals surface area (Å²) in [5.74, 6) is 0.570. The van der Waals surface area contributed by atoms with E-state index >= 15 is 0 Å². The summed E-state index contributed by atoms with van der Waals surface area (Å²) >= 11 is 1.82. The predicted molar refractivity (Wildman–Crippen MR) is 87.2 cm³/mol. The molecular formula is C15H26N4S. The average Bonchev–Trinajstić information content (AvgIpc) is 3.11. The number of hydrogen-bond acceptors (Lipinski definition) is 3. The number of thiophene rings is 1. The summed E-state index contributed by atoms with van der Waals surface area (Å²) in [7, 11) is 0. The molecule has 0 amide bonds. The molecule has 112 valence electrons. The van der Waals surface area contributed by atoms with Gasteiger partial charge in [-0.05, 0) is 50.7 Å². The maximum atomic E-state index is 5.97. The minimum atomic E-state index is 0.380. The summed E-state index contributed by atoms with van der Waals surface area (Å²) in [6.45, 7) is 7.37. The van der Waals surface area contributed by atoms with Crippen molar-refractivity contribution in [1.29, 1.82) is 0 Å². The topological polar surface area (TPSA) is 53.6 Å². The summed E-state index contributed by atoms with van der Waals surface area (Å²) in [5, 5.41) is 5.38. The van der Waals surface area contributed by atoms with E-state index in [1.165, 1.54) is 30.8 Å². The second-order valence-corrected chi connectivity index (χ2v) is 6.43. The SMILES string of the molecule is CCC(C)NC(N)=NCC(c1cccs1)N1CCCC1. The summed E-state index contributed by atoms with van der Waals surface area (Å²) in [5.41, 5.74) is 5.97. The smallest absolute Gasteiger partial charge is 0.188 e. The summed E-state index contributed by atoms with van der Waals surface area (Å²) in [6, 6.07) is 5.09. The molecule has 0 spiro atoms. The Hall–Kier alpha value is -1.07. The Morgan fingerprint density at radius 3 is 2.85 bits per heavy atom. The van der Waals surface area contributed by atoms with Crippen LogP contribution in [0.3, 0.4) is 0 Å². The first kappa shape index (κ1) is 15.3. The van der Waals surface area contributed by atoms with Crippen molar-refractivity contribution in [3.8, 4) is 0 Å². The molecule has 4 nitrogen and oxygen atoms in total. The number of nitrogens with zero attached hydrogens (tertiary/aromatic N) is 2. The lowest BCUT2D eigenvalue weighted by Gasteiger charge is -2.25. The Morgan fingerprint density at radius 2 is 2.25 bits per heavy atom. The molecule has 0 bridgehead atoms. The van der Waals surface area contributed by atoms with Crippen LogP contribution < -0.4 is 11.1 Å². The highest BCUT2D eigenvalue weighted by Gasteiger charge is 2.23. The van der Waals surface area contributed by atoms with Crippen LogP contribution in [0.2, 0.25) is 0 Å². The van der Waals surface area contributed by atoms with Crippen molar-refractivity contribution in [3.63, 3.8) is 0 Å². The quantitative estimate of drug-likeness (QED) is 0.626. The molecule has 2 rings (SSSR count). The monoisotopic (exact) mass is 294 g/mol. The molecule has 2 atom stereocenters. The van der Waals surface area contributed by atoms with Gasteiger partial charge in [-0.3, -0.25) is 9.89 Å². The Morgan fingerprint density at radius 1 is 1.50 bits per heavy atom. The zero-order valence-corrected chi connectivity index (χ0v) is 13.3. The molecule has 5 heteroatoms. The zero-order chi connectivity index (χ0) is 14.4. The van der Waals surface area contributed by atoms with Crippen LogP contribution in [-0.4, -0.2) is 36.5 Å². The van der Waals surface area contributed by atoms with Gasteiger partial charge in [-0.15, -0.1) is 11.3 Å². The predicted octanol–water partition coefficient (Wildman–Crippen LogP) is 2.59. The lowest BCUT2D eigenvalue weighted by Crippen LogP contribution is -2.39. The van der Waals surface area contributed by atoms with E-state index in [-0.39, 0.29) is 0 Å². The second-order valence-electron chi connectivity index (χ2n) is 5.45. The number of aliphatic imine (C=N–C) groups is 1. The number of nitrogens with one attached hydrogen (secondary N) is 1. The fraction of sp³-hybridized carbons (Fsp3) is 0.667. The lowest BCUT2D eigenvalue weighted by molar-refractivity contribution is 0.255. The number of hydrogen-bond donors (Lipinski definition) is 2. The molecule has 1 fully saturated rings. The van der Waals surface area contributed by atoms with E-state index in [9.17, 15) is 0 Å². The molecule has 0 aromatic carbocycles. The first-order valence-corrected chi connectivity index (χ1v) is 8.42. The fourth-order valence-corrected chi connectivity index (χ4v) is 3.36. The molecule has 20 heavy (non-hydrogen) atoms. The Bertz CT molecular complexity index is 410. The first-order chi connectivity index (χ1) is 9.70. The van der Waals surface area contributed by atoms with Gasteiger partial charge in [0.25, 0.3) is 0 Å². The molecule has 1 aliphatic rings. The van der Waals surface area contributed by atoms with E-state index in [1.54, 1.807) is 0 Å². The van der Waals surface area contributed by atoms with Crippen molar-refractivity contribution in [3.05, 3.63) is 22.4 Å². The van der Waals surface area contributed by atoms with Gasteiger partial charge in [0.15, 0.2) is 5.96 Å². The van der Waals surface area contributed by atoms with Gasteiger partial charge >= 0.3 is 0 Å². The maximum Gasteiger partial charge on any atom is 0.188 e. The largest absolute Gasteiger partial charge is 0.370 e. The molecule has 1 aliphatic heterocycles. The number of guanidine groups is 1. The van der Waals surface area contributed by atoms with Crippen LogP contribution in [0.5, 0.6) is 0 Å². The van der Waals surface area contributed by atoms with Crippen molar-refractivity contribution in [2.24, 2.45) is 10.7 Å². The van der Waals surface area contributed by atoms with Gasteiger partial charge in [-0.1, -0.05) is 13.0 Å². The van der Waals surface area contributed by atoms with Gasteiger partial charge in [-0.25, -0.2) is 0 Å². The number of rotatable bonds is 6. The minimum Gasteiger partial charge on any atom is -0.370 e. The standard InChI is InChI=1S/C15H26N4S/c1-3-12(2)18-15(16)17-11-13(14-7-6-10-20-14)19-8-4-5-9-19/h6-7,10,12-13H,3-5,8-9,11H2,1-2H3,(H3,16,17,18). The highest BCUT2D eigenvalue weighted by atomic mass is 32.1. The Labute approximate surface area is 126 Å². The van der Waals surface area contributed by atoms with Crippen LogP contribution in [0, 0.1) is 0 Å². The van der Waals surface area contributed by atoms with Crippen LogP contribution in [0.4, 0.5) is 0 Å². The number of likely N-dealkylation sites (tertiary alicyclic amines) is 1. The van der Waals surface area contributed by atoms with Gasteiger partial charge in [0.2, 0.25) is 0 Å². The van der Waals surface area contributed by atoms with Gasteiger partial charge in [0.1, 0.15) is 0 Å². The van der Waals surface area contributed by atoms with E-state index < -0.39 is 0 Å². The highest BCUT2D eigenvalue weighted by molar-refractivity contribution is 7.10. The molecule has 2 heterocycles. The molecule has 1 saturated heterocycles. The van der Waals surface area contributed by atoms with Crippen molar-refractivity contribution >= 4 is 17.3 Å². The van der Waals surface area contributed by atoms with Crippen LogP contribution >= 0.6 is 11.3 Å². The van der Waals surface area contributed by atoms with Crippen molar-refractivity contribution in [2.75, 3.05) is 19.6 Å². The second kappa shape index (κ2) is 7.64. The van der Waals surface area contributed by atoms with Gasteiger partial charge in [0, 0.05) is 10.9 Å². The number of nitrogens with two attached hydrogens (primary N) is 1. The molecular weight excluding hydrogens is 268 g/mol. The van der Waals surface area contributed by atoms with E-state index in [2.05, 4.69) is 46.6 Å².